The van der Waals surface area contributed by atoms with E-state index in [0.29, 0.717) is 6.04 Å². The minimum absolute atomic E-state index is 0.702. The van der Waals surface area contributed by atoms with Gasteiger partial charge in [-0.1, -0.05) is 5.16 Å². The van der Waals surface area contributed by atoms with Crippen LogP contribution in [0.25, 0.3) is 0 Å². The van der Waals surface area contributed by atoms with Gasteiger partial charge in [0.2, 0.25) is 0 Å². The molecule has 0 aliphatic heterocycles. The predicted molar refractivity (Wildman–Crippen MR) is 80.6 cm³/mol. The molecule has 21 heavy (non-hydrogen) atoms. The van der Waals surface area contributed by atoms with Crippen molar-refractivity contribution in [3.63, 3.8) is 0 Å². The summed E-state index contributed by atoms with van der Waals surface area (Å²) < 4.78 is 5.40. The van der Waals surface area contributed by atoms with E-state index in [-0.39, 0.29) is 0 Å². The zero-order chi connectivity index (χ0) is 14.5. The molecule has 0 spiro atoms. The van der Waals surface area contributed by atoms with E-state index in [0.717, 1.165) is 37.5 Å². The summed E-state index contributed by atoms with van der Waals surface area (Å²) in [6, 6.07) is 6.87. The normalized spacial score (nSPS) is 14.8. The van der Waals surface area contributed by atoms with Crippen LogP contribution in [0, 0.1) is 0 Å². The molecule has 0 unspecified atom stereocenters. The van der Waals surface area contributed by atoms with Crippen LogP contribution < -0.4 is 5.32 Å². The lowest BCUT2D eigenvalue weighted by Gasteiger charge is -2.14. The van der Waals surface area contributed by atoms with Gasteiger partial charge in [0.1, 0.15) is 0 Å². The molecule has 1 fully saturated rings. The standard InChI is InChI=1S/C16H22N4O/c1-20(9-6-13-4-7-17-8-5-13)12-16-10-15(19-21-16)11-18-14-2-3-14/h4-5,7-8,10,14,18H,2-3,6,9,11-12H2,1H3. The fourth-order valence-electron chi connectivity index (χ4n) is 2.26. The van der Waals surface area contributed by atoms with Crippen molar-refractivity contribution in [3.8, 4) is 0 Å². The second kappa shape index (κ2) is 6.83. The summed E-state index contributed by atoms with van der Waals surface area (Å²) in [4.78, 5) is 6.28. The summed E-state index contributed by atoms with van der Waals surface area (Å²) in [7, 11) is 2.10. The van der Waals surface area contributed by atoms with E-state index >= 15 is 0 Å². The van der Waals surface area contributed by atoms with Crippen LogP contribution in [-0.4, -0.2) is 34.7 Å². The summed E-state index contributed by atoms with van der Waals surface area (Å²) in [5.41, 5.74) is 2.31. The van der Waals surface area contributed by atoms with Gasteiger partial charge in [-0.2, -0.15) is 0 Å². The first-order valence-electron chi connectivity index (χ1n) is 7.55. The van der Waals surface area contributed by atoms with E-state index < -0.39 is 0 Å². The van der Waals surface area contributed by atoms with Gasteiger partial charge in [-0.15, -0.1) is 0 Å². The van der Waals surface area contributed by atoms with Crippen LogP contribution >= 0.6 is 0 Å². The minimum atomic E-state index is 0.702. The topological polar surface area (TPSA) is 54.2 Å². The highest BCUT2D eigenvalue weighted by Gasteiger charge is 2.20. The number of hydrogen-bond donors (Lipinski definition) is 1. The maximum atomic E-state index is 5.40. The lowest BCUT2D eigenvalue weighted by Crippen LogP contribution is -2.20. The van der Waals surface area contributed by atoms with E-state index in [1.54, 1.807) is 0 Å². The van der Waals surface area contributed by atoms with Crippen LogP contribution in [0.3, 0.4) is 0 Å². The molecule has 1 saturated carbocycles. The molecule has 112 valence electrons. The van der Waals surface area contributed by atoms with Gasteiger partial charge in [-0.25, -0.2) is 0 Å². The molecule has 3 rings (SSSR count). The Morgan fingerprint density at radius 1 is 1.33 bits per heavy atom. The molecule has 0 aromatic carbocycles. The Morgan fingerprint density at radius 2 is 2.14 bits per heavy atom. The molecule has 2 aromatic rings. The number of rotatable bonds is 8. The summed E-state index contributed by atoms with van der Waals surface area (Å²) in [5, 5.41) is 7.56. The summed E-state index contributed by atoms with van der Waals surface area (Å²) in [5.74, 6) is 0.930. The van der Waals surface area contributed by atoms with E-state index in [2.05, 4.69) is 45.6 Å². The van der Waals surface area contributed by atoms with Crippen LogP contribution in [0.15, 0.2) is 35.1 Å². The zero-order valence-corrected chi connectivity index (χ0v) is 12.5. The highest BCUT2D eigenvalue weighted by Crippen LogP contribution is 2.19. The lowest BCUT2D eigenvalue weighted by molar-refractivity contribution is 0.273. The predicted octanol–water partition coefficient (Wildman–Crippen LogP) is 2.00. The Hall–Kier alpha value is -1.72. The molecule has 2 heterocycles. The van der Waals surface area contributed by atoms with Gasteiger partial charge in [0.25, 0.3) is 0 Å². The SMILES string of the molecule is CN(CCc1ccncc1)Cc1cc(CNC2CC2)no1. The van der Waals surface area contributed by atoms with Crippen molar-refractivity contribution in [3.05, 3.63) is 47.6 Å². The van der Waals surface area contributed by atoms with Crippen molar-refractivity contribution in [2.45, 2.75) is 38.4 Å². The van der Waals surface area contributed by atoms with Gasteiger partial charge in [0.05, 0.1) is 12.2 Å². The first-order valence-corrected chi connectivity index (χ1v) is 7.55. The average Bonchev–Trinajstić information content (AvgIpc) is 3.24. The Morgan fingerprint density at radius 3 is 2.90 bits per heavy atom. The van der Waals surface area contributed by atoms with Gasteiger partial charge < -0.3 is 9.84 Å². The van der Waals surface area contributed by atoms with E-state index in [4.69, 9.17) is 4.52 Å². The Labute approximate surface area is 125 Å². The van der Waals surface area contributed by atoms with Gasteiger partial charge >= 0.3 is 0 Å². The molecular weight excluding hydrogens is 264 g/mol. The van der Waals surface area contributed by atoms with Crippen LogP contribution in [0.5, 0.6) is 0 Å². The fraction of sp³-hybridized carbons (Fsp3) is 0.500. The van der Waals surface area contributed by atoms with Gasteiger partial charge in [-0.3, -0.25) is 9.88 Å². The average molecular weight is 286 g/mol. The molecule has 5 nitrogen and oxygen atoms in total. The summed E-state index contributed by atoms with van der Waals surface area (Å²) >= 11 is 0. The van der Waals surface area contributed by atoms with Crippen molar-refractivity contribution < 1.29 is 4.52 Å². The molecule has 1 aliphatic carbocycles. The molecule has 2 aromatic heterocycles. The third kappa shape index (κ3) is 4.65. The van der Waals surface area contributed by atoms with Crippen molar-refractivity contribution in [1.82, 2.24) is 20.4 Å². The third-order valence-corrected chi connectivity index (χ3v) is 3.71. The van der Waals surface area contributed by atoms with E-state index in [9.17, 15) is 0 Å². The monoisotopic (exact) mass is 286 g/mol. The van der Waals surface area contributed by atoms with E-state index in [1.165, 1.54) is 18.4 Å². The van der Waals surface area contributed by atoms with Crippen molar-refractivity contribution in [2.24, 2.45) is 0 Å². The summed E-state index contributed by atoms with van der Waals surface area (Å²) in [6.07, 6.45) is 7.28. The Balaban J connectivity index is 1.42. The second-order valence-electron chi connectivity index (χ2n) is 5.78. The van der Waals surface area contributed by atoms with Gasteiger partial charge in [-0.05, 0) is 44.0 Å². The third-order valence-electron chi connectivity index (χ3n) is 3.71. The number of hydrogen-bond acceptors (Lipinski definition) is 5. The van der Waals surface area contributed by atoms with Crippen molar-refractivity contribution in [2.75, 3.05) is 13.6 Å². The van der Waals surface area contributed by atoms with E-state index in [1.807, 2.05) is 12.4 Å². The number of nitrogens with one attached hydrogen (secondary N) is 1. The molecule has 0 bridgehead atoms. The van der Waals surface area contributed by atoms with Crippen LogP contribution in [0.2, 0.25) is 0 Å². The molecular formula is C16H22N4O. The number of pyridine rings is 1. The smallest absolute Gasteiger partial charge is 0.151 e. The minimum Gasteiger partial charge on any atom is -0.360 e. The first-order chi connectivity index (χ1) is 10.3. The quantitative estimate of drug-likeness (QED) is 0.804. The van der Waals surface area contributed by atoms with Crippen LogP contribution in [0.1, 0.15) is 29.9 Å². The number of likely N-dealkylation sites (N-methyl/N-ethyl adjacent to an activating group) is 1. The first kappa shape index (κ1) is 14.2. The van der Waals surface area contributed by atoms with Crippen molar-refractivity contribution >= 4 is 0 Å². The zero-order valence-electron chi connectivity index (χ0n) is 12.5. The number of nitrogens with zero attached hydrogens (tertiary/aromatic N) is 3. The Bertz CT molecular complexity index is 550. The highest BCUT2D eigenvalue weighted by atomic mass is 16.5. The van der Waals surface area contributed by atoms with Gasteiger partial charge in [0, 0.05) is 37.6 Å². The molecule has 0 radical (unpaired) electrons. The Kier molecular flexibility index (Phi) is 4.62. The molecule has 0 atom stereocenters. The molecule has 0 saturated heterocycles. The fourth-order valence-corrected chi connectivity index (χ4v) is 2.26. The van der Waals surface area contributed by atoms with Gasteiger partial charge in [0.15, 0.2) is 5.76 Å². The lowest BCUT2D eigenvalue weighted by atomic mass is 10.2. The molecule has 1 N–H and O–H groups in total. The van der Waals surface area contributed by atoms with Crippen molar-refractivity contribution in [1.29, 1.82) is 0 Å². The highest BCUT2D eigenvalue weighted by molar-refractivity contribution is 5.10. The maximum absolute atomic E-state index is 5.40. The maximum Gasteiger partial charge on any atom is 0.151 e. The molecule has 0 amide bonds. The van der Waals surface area contributed by atoms with Crippen LogP contribution in [0.4, 0.5) is 0 Å². The molecule has 5 heteroatoms. The summed E-state index contributed by atoms with van der Waals surface area (Å²) in [6.45, 7) is 2.59. The molecule has 1 aliphatic rings. The van der Waals surface area contributed by atoms with Crippen LogP contribution in [-0.2, 0) is 19.5 Å². The second-order valence-corrected chi connectivity index (χ2v) is 5.78. The largest absolute Gasteiger partial charge is 0.360 e. The number of aromatic nitrogens is 2.